The summed E-state index contributed by atoms with van der Waals surface area (Å²) < 4.78 is 10.3. The molecule has 0 saturated carbocycles. The van der Waals surface area contributed by atoms with Gasteiger partial charge in [-0.2, -0.15) is 0 Å². The molecular formula is C24H38O4. The fourth-order valence-electron chi connectivity index (χ4n) is 2.64. The average molecular weight is 391 g/mol. The lowest BCUT2D eigenvalue weighted by Crippen LogP contribution is -2.15. The Kier molecular flexibility index (Phi) is 18.3. The number of hydrogen-bond donors (Lipinski definition) is 0. The van der Waals surface area contributed by atoms with E-state index in [4.69, 9.17) is 9.47 Å². The van der Waals surface area contributed by atoms with Crippen molar-refractivity contribution in [3.8, 4) is 11.8 Å². The summed E-state index contributed by atoms with van der Waals surface area (Å²) in [5.74, 6) is 5.25. The molecule has 0 N–H and O–H groups in total. The van der Waals surface area contributed by atoms with Crippen LogP contribution < -0.4 is 0 Å². The van der Waals surface area contributed by atoms with E-state index < -0.39 is 0 Å². The van der Waals surface area contributed by atoms with Gasteiger partial charge in [0.15, 0.2) is 6.61 Å². The minimum Gasteiger partial charge on any atom is -0.458 e. The van der Waals surface area contributed by atoms with Crippen LogP contribution in [0.2, 0.25) is 0 Å². The maximum absolute atomic E-state index is 11.7. The molecule has 0 spiro atoms. The molecular weight excluding hydrogens is 352 g/mol. The Bertz CT molecular complexity index is 498. The van der Waals surface area contributed by atoms with Gasteiger partial charge in [0.25, 0.3) is 0 Å². The molecule has 0 saturated heterocycles. The molecule has 4 heteroatoms. The van der Waals surface area contributed by atoms with Crippen LogP contribution in [0.4, 0.5) is 0 Å². The van der Waals surface area contributed by atoms with Crippen LogP contribution in [-0.2, 0) is 19.1 Å². The second-order valence-corrected chi connectivity index (χ2v) is 6.88. The Morgan fingerprint density at radius 1 is 0.893 bits per heavy atom. The van der Waals surface area contributed by atoms with E-state index in [1.807, 2.05) is 0 Å². The topological polar surface area (TPSA) is 52.6 Å². The highest BCUT2D eigenvalue weighted by Crippen LogP contribution is 2.09. The highest BCUT2D eigenvalue weighted by Gasteiger charge is 2.11. The molecule has 0 bridgehead atoms. The number of rotatable bonds is 17. The normalized spacial score (nSPS) is 11.0. The summed E-state index contributed by atoms with van der Waals surface area (Å²) >= 11 is 0. The van der Waals surface area contributed by atoms with Crippen LogP contribution in [0.3, 0.4) is 0 Å². The fraction of sp³-hybridized carbons (Fsp3) is 0.667. The summed E-state index contributed by atoms with van der Waals surface area (Å²) in [5, 5.41) is 0. The molecule has 0 aliphatic carbocycles. The van der Waals surface area contributed by atoms with Crippen molar-refractivity contribution in [2.75, 3.05) is 6.61 Å². The van der Waals surface area contributed by atoms with Crippen LogP contribution in [0.1, 0.15) is 90.4 Å². The van der Waals surface area contributed by atoms with Crippen LogP contribution in [-0.4, -0.2) is 24.6 Å². The highest BCUT2D eigenvalue weighted by molar-refractivity contribution is 5.72. The first-order valence-electron chi connectivity index (χ1n) is 10.7. The number of carbonyl (C=O) groups is 2. The smallest absolute Gasteiger partial charge is 0.306 e. The zero-order valence-electron chi connectivity index (χ0n) is 17.7. The van der Waals surface area contributed by atoms with Crippen LogP contribution in [0.5, 0.6) is 0 Å². The number of unbranched alkanes of at least 4 members (excludes halogenated alkanes) is 8. The Balaban J connectivity index is 3.58. The summed E-state index contributed by atoms with van der Waals surface area (Å²) in [5.41, 5.74) is 0. The molecule has 0 radical (unpaired) electrons. The number of ether oxygens (including phenoxy) is 2. The molecule has 0 aromatic carbocycles. The van der Waals surface area contributed by atoms with Crippen molar-refractivity contribution in [1.82, 2.24) is 0 Å². The molecule has 0 amide bonds. The summed E-state index contributed by atoms with van der Waals surface area (Å²) in [6, 6.07) is 0. The molecule has 0 heterocycles. The Hall–Kier alpha value is -2.02. The van der Waals surface area contributed by atoms with Crippen LogP contribution >= 0.6 is 0 Å². The van der Waals surface area contributed by atoms with Gasteiger partial charge in [-0.25, -0.2) is 0 Å². The van der Waals surface area contributed by atoms with Gasteiger partial charge in [0.05, 0.1) is 0 Å². The molecule has 1 atom stereocenters. The zero-order chi connectivity index (χ0) is 20.9. The van der Waals surface area contributed by atoms with Crippen molar-refractivity contribution in [2.24, 2.45) is 0 Å². The third-order valence-electron chi connectivity index (χ3n) is 4.29. The lowest BCUT2D eigenvalue weighted by molar-refractivity contribution is -0.147. The van der Waals surface area contributed by atoms with Crippen LogP contribution in [0.15, 0.2) is 25.3 Å². The molecule has 158 valence electrons. The van der Waals surface area contributed by atoms with E-state index >= 15 is 0 Å². The SMILES string of the molecule is C=CCC(C=C)OC(=O)CCCC(=O)OCC#CCCCCCCCCCC. The summed E-state index contributed by atoms with van der Waals surface area (Å²) in [6.07, 6.45) is 15.3. The highest BCUT2D eigenvalue weighted by atomic mass is 16.5. The van der Waals surface area contributed by atoms with Crippen LogP contribution in [0, 0.1) is 11.8 Å². The Labute approximate surface area is 171 Å². The molecule has 1 unspecified atom stereocenters. The molecule has 0 aromatic rings. The number of esters is 2. The number of hydrogen-bond acceptors (Lipinski definition) is 4. The second kappa shape index (κ2) is 19.7. The quantitative estimate of drug-likeness (QED) is 0.134. The lowest BCUT2D eigenvalue weighted by Gasteiger charge is -2.11. The van der Waals surface area contributed by atoms with Crippen LogP contribution in [0.25, 0.3) is 0 Å². The van der Waals surface area contributed by atoms with Gasteiger partial charge in [0.1, 0.15) is 6.10 Å². The third kappa shape index (κ3) is 17.4. The van der Waals surface area contributed by atoms with Crippen molar-refractivity contribution in [2.45, 2.75) is 96.5 Å². The zero-order valence-corrected chi connectivity index (χ0v) is 17.7. The molecule has 4 nitrogen and oxygen atoms in total. The lowest BCUT2D eigenvalue weighted by atomic mass is 10.1. The molecule has 0 rings (SSSR count). The standard InChI is InChI=1S/C24H38O4/c1-4-7-8-9-10-11-12-13-14-15-16-21-27-23(25)19-17-20-24(26)28-22(6-3)18-5-2/h5-6,22H,2-4,7-14,17-21H2,1H3. The van der Waals surface area contributed by atoms with Crippen molar-refractivity contribution < 1.29 is 19.1 Å². The van der Waals surface area contributed by atoms with Crippen molar-refractivity contribution >= 4 is 11.9 Å². The first-order chi connectivity index (χ1) is 13.6. The summed E-state index contributed by atoms with van der Waals surface area (Å²) in [4.78, 5) is 23.3. The minimum atomic E-state index is -0.353. The first-order valence-corrected chi connectivity index (χ1v) is 10.7. The summed E-state index contributed by atoms with van der Waals surface area (Å²) in [6.45, 7) is 9.57. The third-order valence-corrected chi connectivity index (χ3v) is 4.29. The predicted molar refractivity (Wildman–Crippen MR) is 115 cm³/mol. The van der Waals surface area contributed by atoms with E-state index in [9.17, 15) is 9.59 Å². The van der Waals surface area contributed by atoms with E-state index in [0.29, 0.717) is 12.8 Å². The van der Waals surface area contributed by atoms with E-state index in [2.05, 4.69) is 31.9 Å². The van der Waals surface area contributed by atoms with Gasteiger partial charge in [-0.1, -0.05) is 82.4 Å². The van der Waals surface area contributed by atoms with E-state index in [1.54, 1.807) is 12.2 Å². The predicted octanol–water partition coefficient (Wildman–Crippen LogP) is 5.91. The van der Waals surface area contributed by atoms with Gasteiger partial charge in [0.2, 0.25) is 0 Å². The largest absolute Gasteiger partial charge is 0.458 e. The van der Waals surface area contributed by atoms with E-state index in [1.165, 1.54) is 44.9 Å². The van der Waals surface area contributed by atoms with Gasteiger partial charge < -0.3 is 9.47 Å². The number of carbonyl (C=O) groups excluding carboxylic acids is 2. The van der Waals surface area contributed by atoms with Gasteiger partial charge in [-0.15, -0.1) is 6.58 Å². The van der Waals surface area contributed by atoms with Crippen molar-refractivity contribution in [3.05, 3.63) is 25.3 Å². The first kappa shape index (κ1) is 26.0. The molecule has 0 fully saturated rings. The van der Waals surface area contributed by atoms with Gasteiger partial charge in [-0.05, 0) is 12.8 Å². The van der Waals surface area contributed by atoms with Crippen molar-refractivity contribution in [1.29, 1.82) is 0 Å². The van der Waals surface area contributed by atoms with Gasteiger partial charge in [-0.3, -0.25) is 9.59 Å². The van der Waals surface area contributed by atoms with Gasteiger partial charge >= 0.3 is 11.9 Å². The molecule has 0 aliphatic heterocycles. The molecule has 0 aliphatic rings. The molecule has 0 aromatic heterocycles. The second-order valence-electron chi connectivity index (χ2n) is 6.88. The Morgan fingerprint density at radius 3 is 2.18 bits per heavy atom. The Morgan fingerprint density at radius 2 is 1.54 bits per heavy atom. The maximum atomic E-state index is 11.7. The van der Waals surface area contributed by atoms with Gasteiger partial charge in [0, 0.05) is 25.7 Å². The maximum Gasteiger partial charge on any atom is 0.306 e. The monoisotopic (exact) mass is 390 g/mol. The van der Waals surface area contributed by atoms with E-state index in [-0.39, 0.29) is 37.5 Å². The fourth-order valence-corrected chi connectivity index (χ4v) is 2.64. The van der Waals surface area contributed by atoms with Crippen molar-refractivity contribution in [3.63, 3.8) is 0 Å². The summed E-state index contributed by atoms with van der Waals surface area (Å²) in [7, 11) is 0. The minimum absolute atomic E-state index is 0.123. The molecule has 28 heavy (non-hydrogen) atoms. The average Bonchev–Trinajstić information content (AvgIpc) is 2.68. The van der Waals surface area contributed by atoms with E-state index in [0.717, 1.165) is 12.8 Å².